The lowest BCUT2D eigenvalue weighted by Crippen LogP contribution is -2.41. The van der Waals surface area contributed by atoms with Crippen molar-refractivity contribution < 1.29 is 24.2 Å². The first-order valence-corrected chi connectivity index (χ1v) is 10.8. The molecule has 1 atom stereocenters. The standard InChI is InChI=1S/C23H23N5O5/c1-13-14-4-5-17(16(14)3-2-15(13)23(31)32)26-21(29)19-12-18(25-20-6-7-24-28(19)20)22(30)27-8-10-33-11-9-27/h2-3,6-7,12,17H,4-5,8-11H2,1H3,(H,26,29)(H,31,32)/t17-/m0/s1. The lowest BCUT2D eigenvalue weighted by Gasteiger charge is -2.26. The molecule has 10 heteroatoms. The monoisotopic (exact) mass is 449 g/mol. The first kappa shape index (κ1) is 21.1. The molecule has 0 spiro atoms. The number of hydrogen-bond donors (Lipinski definition) is 2. The fourth-order valence-electron chi connectivity index (χ4n) is 4.61. The number of aromatic carboxylic acids is 1. The number of morpholine rings is 1. The van der Waals surface area contributed by atoms with Crippen LogP contribution in [0, 0.1) is 6.92 Å². The Morgan fingerprint density at radius 3 is 2.73 bits per heavy atom. The molecule has 2 aliphatic rings. The van der Waals surface area contributed by atoms with Crippen LogP contribution < -0.4 is 5.32 Å². The van der Waals surface area contributed by atoms with E-state index in [-0.39, 0.29) is 34.8 Å². The molecule has 0 bridgehead atoms. The Labute approximate surface area is 189 Å². The number of hydrogen-bond acceptors (Lipinski definition) is 6. The molecule has 10 nitrogen and oxygen atoms in total. The molecule has 170 valence electrons. The van der Waals surface area contributed by atoms with Crippen molar-refractivity contribution in [2.24, 2.45) is 0 Å². The van der Waals surface area contributed by atoms with Crippen LogP contribution in [0.15, 0.2) is 30.5 Å². The van der Waals surface area contributed by atoms with Gasteiger partial charge in [0.25, 0.3) is 11.8 Å². The number of amides is 2. The SMILES string of the molecule is Cc1c(C(=O)O)ccc2c1CC[C@@H]2NC(=O)c1cc(C(=O)N2CCOCC2)nc2ccnn12. The second-order valence-electron chi connectivity index (χ2n) is 8.21. The van der Waals surface area contributed by atoms with E-state index >= 15 is 0 Å². The molecule has 0 radical (unpaired) electrons. The van der Waals surface area contributed by atoms with Gasteiger partial charge in [0.1, 0.15) is 11.4 Å². The van der Waals surface area contributed by atoms with Crippen LogP contribution >= 0.6 is 0 Å². The van der Waals surface area contributed by atoms with Gasteiger partial charge >= 0.3 is 5.97 Å². The largest absolute Gasteiger partial charge is 0.478 e. The van der Waals surface area contributed by atoms with Gasteiger partial charge in [-0.2, -0.15) is 5.10 Å². The molecule has 5 rings (SSSR count). The number of nitrogens with one attached hydrogen (secondary N) is 1. The van der Waals surface area contributed by atoms with Crippen LogP contribution in [0.2, 0.25) is 0 Å². The predicted molar refractivity (Wildman–Crippen MR) is 116 cm³/mol. The Morgan fingerprint density at radius 2 is 1.97 bits per heavy atom. The molecule has 0 unspecified atom stereocenters. The molecule has 2 N–H and O–H groups in total. The van der Waals surface area contributed by atoms with Crippen LogP contribution in [-0.4, -0.2) is 68.7 Å². The highest BCUT2D eigenvalue weighted by Crippen LogP contribution is 2.35. The van der Waals surface area contributed by atoms with Crippen molar-refractivity contribution in [1.82, 2.24) is 24.8 Å². The number of rotatable bonds is 4. The first-order chi connectivity index (χ1) is 15.9. The molecule has 1 aromatic carbocycles. The van der Waals surface area contributed by atoms with Crippen LogP contribution in [0.5, 0.6) is 0 Å². The van der Waals surface area contributed by atoms with Crippen molar-refractivity contribution >= 4 is 23.4 Å². The first-order valence-electron chi connectivity index (χ1n) is 10.8. The van der Waals surface area contributed by atoms with Crippen LogP contribution in [0.4, 0.5) is 0 Å². The van der Waals surface area contributed by atoms with Gasteiger partial charge in [0.15, 0.2) is 5.65 Å². The fourth-order valence-corrected chi connectivity index (χ4v) is 4.61. The molecular weight excluding hydrogens is 426 g/mol. The number of aromatic nitrogens is 3. The number of carbonyl (C=O) groups excluding carboxylic acids is 2. The molecule has 1 saturated heterocycles. The van der Waals surface area contributed by atoms with E-state index in [2.05, 4.69) is 15.4 Å². The van der Waals surface area contributed by atoms with Gasteiger partial charge in [0.2, 0.25) is 0 Å². The van der Waals surface area contributed by atoms with Gasteiger partial charge in [-0.25, -0.2) is 14.3 Å². The third-order valence-corrected chi connectivity index (χ3v) is 6.34. The second-order valence-corrected chi connectivity index (χ2v) is 8.21. The summed E-state index contributed by atoms with van der Waals surface area (Å²) < 4.78 is 6.73. The number of benzene rings is 1. The van der Waals surface area contributed by atoms with E-state index in [9.17, 15) is 19.5 Å². The van der Waals surface area contributed by atoms with Gasteiger partial charge in [0.05, 0.1) is 31.0 Å². The Hall–Kier alpha value is -3.79. The van der Waals surface area contributed by atoms with Crippen molar-refractivity contribution in [3.05, 3.63) is 64.1 Å². The van der Waals surface area contributed by atoms with Gasteiger partial charge in [0, 0.05) is 25.2 Å². The molecule has 3 aromatic rings. The summed E-state index contributed by atoms with van der Waals surface area (Å²) in [6, 6.07) is 6.22. The Morgan fingerprint density at radius 1 is 1.18 bits per heavy atom. The zero-order valence-corrected chi connectivity index (χ0v) is 18.1. The van der Waals surface area contributed by atoms with Crippen LogP contribution in [0.25, 0.3) is 5.65 Å². The lowest BCUT2D eigenvalue weighted by molar-refractivity contribution is 0.0299. The van der Waals surface area contributed by atoms with Gasteiger partial charge in [-0.05, 0) is 42.5 Å². The Kier molecular flexibility index (Phi) is 5.29. The molecule has 1 aliphatic carbocycles. The number of carboxylic acids is 1. The molecule has 0 saturated carbocycles. The maximum absolute atomic E-state index is 13.3. The third-order valence-electron chi connectivity index (χ3n) is 6.34. The number of nitrogens with zero attached hydrogens (tertiary/aromatic N) is 4. The van der Waals surface area contributed by atoms with Crippen molar-refractivity contribution in [1.29, 1.82) is 0 Å². The minimum atomic E-state index is -0.960. The average Bonchev–Trinajstić information content (AvgIpc) is 3.46. The summed E-state index contributed by atoms with van der Waals surface area (Å²) >= 11 is 0. The molecular formula is C23H23N5O5. The summed E-state index contributed by atoms with van der Waals surface area (Å²) in [7, 11) is 0. The summed E-state index contributed by atoms with van der Waals surface area (Å²) in [5, 5.41) is 16.6. The molecule has 1 aliphatic heterocycles. The van der Waals surface area contributed by atoms with Gasteiger partial charge < -0.3 is 20.1 Å². The molecule has 2 aromatic heterocycles. The van der Waals surface area contributed by atoms with E-state index < -0.39 is 5.97 Å². The smallest absolute Gasteiger partial charge is 0.335 e. The summed E-state index contributed by atoms with van der Waals surface area (Å²) in [6.45, 7) is 3.69. The van der Waals surface area contributed by atoms with Crippen molar-refractivity contribution in [3.63, 3.8) is 0 Å². The number of carbonyl (C=O) groups is 3. The van der Waals surface area contributed by atoms with Crippen molar-refractivity contribution in [3.8, 4) is 0 Å². The second kappa shape index (κ2) is 8.28. The highest BCUT2D eigenvalue weighted by molar-refractivity contribution is 5.98. The van der Waals surface area contributed by atoms with Crippen molar-refractivity contribution in [2.75, 3.05) is 26.3 Å². The number of ether oxygens (including phenoxy) is 1. The maximum atomic E-state index is 13.3. The summed E-state index contributed by atoms with van der Waals surface area (Å²) in [4.78, 5) is 43.8. The Bertz CT molecular complexity index is 1280. The van der Waals surface area contributed by atoms with E-state index in [1.165, 1.54) is 16.8 Å². The minimum absolute atomic E-state index is 0.184. The molecule has 33 heavy (non-hydrogen) atoms. The molecule has 3 heterocycles. The quantitative estimate of drug-likeness (QED) is 0.620. The number of fused-ring (bicyclic) bond motifs is 2. The zero-order chi connectivity index (χ0) is 23.1. The van der Waals surface area contributed by atoms with E-state index in [4.69, 9.17) is 4.74 Å². The van der Waals surface area contributed by atoms with Crippen LogP contribution in [0.3, 0.4) is 0 Å². The lowest BCUT2D eigenvalue weighted by atomic mass is 9.98. The van der Waals surface area contributed by atoms with E-state index in [0.717, 1.165) is 16.7 Å². The normalized spacial score (nSPS) is 17.7. The fraction of sp³-hybridized carbons (Fsp3) is 0.348. The van der Waals surface area contributed by atoms with E-state index in [0.29, 0.717) is 44.8 Å². The topological polar surface area (TPSA) is 126 Å². The zero-order valence-electron chi connectivity index (χ0n) is 18.1. The third kappa shape index (κ3) is 3.72. The van der Waals surface area contributed by atoms with Gasteiger partial charge in [-0.1, -0.05) is 6.07 Å². The van der Waals surface area contributed by atoms with Gasteiger partial charge in [-0.3, -0.25) is 9.59 Å². The molecule has 1 fully saturated rings. The molecule has 2 amide bonds. The highest BCUT2D eigenvalue weighted by Gasteiger charge is 2.29. The summed E-state index contributed by atoms with van der Waals surface area (Å²) in [5.74, 6) is -1.59. The minimum Gasteiger partial charge on any atom is -0.478 e. The summed E-state index contributed by atoms with van der Waals surface area (Å²) in [6.07, 6.45) is 2.88. The van der Waals surface area contributed by atoms with Crippen LogP contribution in [-0.2, 0) is 11.2 Å². The van der Waals surface area contributed by atoms with E-state index in [1.807, 2.05) is 0 Å². The maximum Gasteiger partial charge on any atom is 0.335 e. The van der Waals surface area contributed by atoms with Gasteiger partial charge in [-0.15, -0.1) is 0 Å². The number of carboxylic acid groups (broad SMARTS) is 1. The highest BCUT2D eigenvalue weighted by atomic mass is 16.5. The van der Waals surface area contributed by atoms with Crippen molar-refractivity contribution in [2.45, 2.75) is 25.8 Å². The summed E-state index contributed by atoms with van der Waals surface area (Å²) in [5.41, 5.74) is 3.70. The van der Waals surface area contributed by atoms with E-state index in [1.54, 1.807) is 30.0 Å². The van der Waals surface area contributed by atoms with Crippen LogP contribution in [0.1, 0.15) is 60.5 Å². The predicted octanol–water partition coefficient (Wildman–Crippen LogP) is 1.63. The Balaban J connectivity index is 1.44. The average molecular weight is 449 g/mol.